The maximum absolute atomic E-state index is 9.50. The summed E-state index contributed by atoms with van der Waals surface area (Å²) in [5.74, 6) is 0.947. The molecule has 9 heteroatoms. The number of nitriles is 1. The highest BCUT2D eigenvalue weighted by atomic mass is 15.3. The normalized spacial score (nSPS) is 13.4. The lowest BCUT2D eigenvalue weighted by molar-refractivity contribution is 0.565. The lowest BCUT2D eigenvalue weighted by atomic mass is 9.90. The third kappa shape index (κ3) is 3.96. The predicted octanol–water partition coefficient (Wildman–Crippen LogP) is 4.02. The van der Waals surface area contributed by atoms with Crippen molar-refractivity contribution in [3.05, 3.63) is 17.0 Å². The van der Waals surface area contributed by atoms with Crippen LogP contribution in [0.25, 0.3) is 0 Å². The van der Waals surface area contributed by atoms with Gasteiger partial charge >= 0.3 is 0 Å². The van der Waals surface area contributed by atoms with Crippen molar-refractivity contribution in [1.82, 2.24) is 20.4 Å². The Bertz CT molecular complexity index is 888. The molecule has 0 fully saturated rings. The van der Waals surface area contributed by atoms with Crippen LogP contribution in [-0.4, -0.2) is 26.2 Å². The van der Waals surface area contributed by atoms with Gasteiger partial charge in [0.1, 0.15) is 11.6 Å². The highest BCUT2D eigenvalue weighted by Crippen LogP contribution is 2.38. The van der Waals surface area contributed by atoms with Crippen LogP contribution in [0.5, 0.6) is 0 Å². The number of aliphatic imine (C=N–C) groups is 1. The van der Waals surface area contributed by atoms with Crippen LogP contribution in [0.15, 0.2) is 15.2 Å². The average molecular weight is 355 g/mol. The summed E-state index contributed by atoms with van der Waals surface area (Å²) in [6, 6.07) is 2.15. The maximum atomic E-state index is 9.50. The number of rotatable bonds is 3. The Hall–Kier alpha value is -3.02. The van der Waals surface area contributed by atoms with Gasteiger partial charge in [0.05, 0.1) is 17.2 Å². The van der Waals surface area contributed by atoms with Crippen molar-refractivity contribution in [3.8, 4) is 6.07 Å². The molecular formula is C17H25N9. The topological polar surface area (TPSA) is 144 Å². The van der Waals surface area contributed by atoms with E-state index < -0.39 is 0 Å². The summed E-state index contributed by atoms with van der Waals surface area (Å²) in [7, 11) is 0. The van der Waals surface area contributed by atoms with Gasteiger partial charge < -0.3 is 5.73 Å². The summed E-state index contributed by atoms with van der Waals surface area (Å²) < 4.78 is 0. The summed E-state index contributed by atoms with van der Waals surface area (Å²) >= 11 is 0. The number of H-pyrrole nitrogens is 2. The van der Waals surface area contributed by atoms with Gasteiger partial charge in [-0.15, -0.1) is 10.2 Å². The minimum Gasteiger partial charge on any atom is -0.387 e. The van der Waals surface area contributed by atoms with E-state index in [2.05, 4.69) is 41.7 Å². The van der Waals surface area contributed by atoms with Gasteiger partial charge in [0, 0.05) is 10.8 Å². The lowest BCUT2D eigenvalue weighted by Crippen LogP contribution is -2.13. The second-order valence-electron chi connectivity index (χ2n) is 8.13. The fourth-order valence-electron chi connectivity index (χ4n) is 2.34. The summed E-state index contributed by atoms with van der Waals surface area (Å²) in [6.07, 6.45) is 0. The van der Waals surface area contributed by atoms with Gasteiger partial charge in [-0.1, -0.05) is 41.5 Å². The number of hydrogen-bond acceptors (Lipinski definition) is 6. The minimum atomic E-state index is -0.260. The van der Waals surface area contributed by atoms with Crippen molar-refractivity contribution in [2.75, 3.05) is 0 Å². The molecule has 4 N–H and O–H groups in total. The average Bonchev–Trinajstić information content (AvgIpc) is 3.06. The van der Waals surface area contributed by atoms with Crippen LogP contribution in [0.4, 0.5) is 17.3 Å². The molecule has 0 bridgehead atoms. The van der Waals surface area contributed by atoms with Gasteiger partial charge in [0.2, 0.25) is 11.6 Å². The highest BCUT2D eigenvalue weighted by molar-refractivity contribution is 5.82. The van der Waals surface area contributed by atoms with E-state index in [0.29, 0.717) is 28.6 Å². The molecule has 9 nitrogen and oxygen atoms in total. The van der Waals surface area contributed by atoms with Crippen LogP contribution >= 0.6 is 0 Å². The van der Waals surface area contributed by atoms with Crippen LogP contribution in [0.3, 0.4) is 0 Å². The monoisotopic (exact) mass is 355 g/mol. The van der Waals surface area contributed by atoms with Crippen molar-refractivity contribution in [3.63, 3.8) is 0 Å². The molecule has 0 aliphatic carbocycles. The first kappa shape index (κ1) is 19.3. The minimum absolute atomic E-state index is 0.234. The van der Waals surface area contributed by atoms with Crippen molar-refractivity contribution < 1.29 is 0 Å². The molecule has 2 rings (SSSR count). The zero-order valence-electron chi connectivity index (χ0n) is 16.3. The fourth-order valence-corrected chi connectivity index (χ4v) is 2.34. The van der Waals surface area contributed by atoms with E-state index in [1.165, 1.54) is 0 Å². The molecule has 2 aromatic heterocycles. The molecule has 0 atom stereocenters. The quantitative estimate of drug-likeness (QED) is 0.433. The summed E-state index contributed by atoms with van der Waals surface area (Å²) in [5, 5.41) is 32.1. The molecular weight excluding hydrogens is 330 g/mol. The first-order chi connectivity index (χ1) is 11.9. The number of nitrogens with one attached hydrogen (secondary N) is 2. The van der Waals surface area contributed by atoms with Crippen molar-refractivity contribution >= 4 is 23.2 Å². The third-order valence-corrected chi connectivity index (χ3v) is 3.61. The van der Waals surface area contributed by atoms with Crippen LogP contribution in [0.1, 0.15) is 65.4 Å². The Morgan fingerprint density at radius 1 is 0.962 bits per heavy atom. The lowest BCUT2D eigenvalue weighted by Gasteiger charge is -2.16. The van der Waals surface area contributed by atoms with Crippen LogP contribution in [0.2, 0.25) is 0 Å². The Morgan fingerprint density at radius 3 is 2.00 bits per heavy atom. The van der Waals surface area contributed by atoms with Crippen molar-refractivity contribution in [2.45, 2.75) is 59.3 Å². The standard InChI is InChI=1S/C17H25N9/c1-9(19)20-15-11(13(23-26-15)17(5,6)7)21-24-14-10(8-18)12(22-25-14)16(2,3)4/h1-7H3,(H,22,25)(H3,19,20,23,26). The van der Waals surface area contributed by atoms with Gasteiger partial charge in [0.15, 0.2) is 5.69 Å². The van der Waals surface area contributed by atoms with Crippen molar-refractivity contribution in [1.29, 1.82) is 5.26 Å². The SMILES string of the molecule is CC(N)=Nc1n[nH]c(C(C)(C)C)c1N=Nc1n[nH]c(C(C)(C)C)c1C#N. The van der Waals surface area contributed by atoms with E-state index in [1.807, 2.05) is 41.5 Å². The molecule has 0 unspecified atom stereocenters. The van der Waals surface area contributed by atoms with Crippen LogP contribution < -0.4 is 5.73 Å². The summed E-state index contributed by atoms with van der Waals surface area (Å²) in [4.78, 5) is 4.20. The molecule has 0 aliphatic rings. The molecule has 26 heavy (non-hydrogen) atoms. The molecule has 0 spiro atoms. The van der Waals surface area contributed by atoms with Crippen molar-refractivity contribution in [2.24, 2.45) is 21.0 Å². The second-order valence-corrected chi connectivity index (χ2v) is 8.13. The molecule has 0 saturated carbocycles. The fraction of sp³-hybridized carbons (Fsp3) is 0.529. The summed E-state index contributed by atoms with van der Waals surface area (Å²) in [6.45, 7) is 13.7. The zero-order chi connectivity index (χ0) is 19.7. The summed E-state index contributed by atoms with van der Waals surface area (Å²) in [5.41, 5.74) is 7.51. The molecule has 2 aromatic rings. The van der Waals surface area contributed by atoms with Crippen LogP contribution in [-0.2, 0) is 10.8 Å². The molecule has 138 valence electrons. The number of aromatic nitrogens is 4. The smallest absolute Gasteiger partial charge is 0.213 e. The molecule has 0 amide bonds. The van der Waals surface area contributed by atoms with E-state index >= 15 is 0 Å². The second kappa shape index (κ2) is 6.71. The number of aromatic amines is 2. The first-order valence-corrected chi connectivity index (χ1v) is 8.25. The zero-order valence-corrected chi connectivity index (χ0v) is 16.3. The van der Waals surface area contributed by atoms with Gasteiger partial charge in [-0.25, -0.2) is 4.99 Å². The Morgan fingerprint density at radius 2 is 1.50 bits per heavy atom. The Labute approximate surface area is 152 Å². The van der Waals surface area contributed by atoms with Gasteiger partial charge in [-0.2, -0.15) is 15.5 Å². The number of amidine groups is 1. The first-order valence-electron chi connectivity index (χ1n) is 8.25. The van der Waals surface area contributed by atoms with E-state index in [1.54, 1.807) is 6.92 Å². The Kier molecular flexibility index (Phi) is 4.98. The maximum Gasteiger partial charge on any atom is 0.213 e. The third-order valence-electron chi connectivity index (χ3n) is 3.61. The number of azo groups is 1. The molecule has 0 saturated heterocycles. The van der Waals surface area contributed by atoms with Gasteiger partial charge in [-0.05, 0) is 6.92 Å². The van der Waals surface area contributed by atoms with Gasteiger partial charge in [-0.3, -0.25) is 10.2 Å². The predicted molar refractivity (Wildman–Crippen MR) is 100 cm³/mol. The molecule has 0 aliphatic heterocycles. The highest BCUT2D eigenvalue weighted by Gasteiger charge is 2.26. The Balaban J connectivity index is 2.56. The number of nitrogens with zero attached hydrogens (tertiary/aromatic N) is 6. The van der Waals surface area contributed by atoms with E-state index in [-0.39, 0.29) is 16.6 Å². The number of hydrogen-bond donors (Lipinski definition) is 3. The molecule has 0 aromatic carbocycles. The molecule has 2 heterocycles. The van der Waals surface area contributed by atoms with E-state index in [0.717, 1.165) is 5.69 Å². The van der Waals surface area contributed by atoms with E-state index in [4.69, 9.17) is 5.73 Å². The largest absolute Gasteiger partial charge is 0.387 e. The van der Waals surface area contributed by atoms with Crippen LogP contribution in [0, 0.1) is 11.3 Å². The van der Waals surface area contributed by atoms with Gasteiger partial charge in [0.25, 0.3) is 0 Å². The molecule has 0 radical (unpaired) electrons. The number of nitrogens with two attached hydrogens (primary N) is 1. The van der Waals surface area contributed by atoms with E-state index in [9.17, 15) is 5.26 Å².